The first-order valence-corrected chi connectivity index (χ1v) is 9.07. The number of nitrogens with zero attached hydrogens (tertiary/aromatic N) is 3. The summed E-state index contributed by atoms with van der Waals surface area (Å²) in [5.41, 5.74) is -0.322. The van der Waals surface area contributed by atoms with E-state index in [2.05, 4.69) is 18.8 Å². The van der Waals surface area contributed by atoms with E-state index in [-0.39, 0.29) is 29.0 Å². The Kier molecular flexibility index (Phi) is 5.56. The van der Waals surface area contributed by atoms with Crippen molar-refractivity contribution in [3.8, 4) is 5.75 Å². The van der Waals surface area contributed by atoms with Gasteiger partial charge in [-0.1, -0.05) is 26.7 Å². The molecule has 140 valence electrons. The van der Waals surface area contributed by atoms with Crippen LogP contribution < -0.4 is 5.56 Å². The maximum Gasteiger partial charge on any atom is 0.270 e. The number of hydrogen-bond donors (Lipinski definition) is 1. The summed E-state index contributed by atoms with van der Waals surface area (Å²) in [5.74, 6) is 0.217. The maximum atomic E-state index is 12.8. The fraction of sp³-hybridized carbons (Fsp3) is 0.526. The van der Waals surface area contributed by atoms with Gasteiger partial charge in [0, 0.05) is 25.5 Å². The topological polar surface area (TPSA) is 84.1 Å². The lowest BCUT2D eigenvalue weighted by atomic mass is 10.0. The zero-order chi connectivity index (χ0) is 18.7. The Morgan fingerprint density at radius 2 is 2.27 bits per heavy atom. The molecule has 1 unspecified atom stereocenters. The van der Waals surface area contributed by atoms with Crippen LogP contribution in [0.25, 0.3) is 5.65 Å². The minimum atomic E-state index is -0.473. The van der Waals surface area contributed by atoms with Crippen molar-refractivity contribution in [2.24, 2.45) is 5.92 Å². The van der Waals surface area contributed by atoms with Crippen LogP contribution >= 0.6 is 0 Å². The molecule has 0 saturated carbocycles. The zero-order valence-electron chi connectivity index (χ0n) is 15.2. The van der Waals surface area contributed by atoms with Gasteiger partial charge in [-0.3, -0.25) is 14.0 Å². The monoisotopic (exact) mass is 359 g/mol. The van der Waals surface area contributed by atoms with Crippen molar-refractivity contribution in [1.29, 1.82) is 0 Å². The minimum absolute atomic E-state index is 0.00617. The number of rotatable bonds is 5. The van der Waals surface area contributed by atoms with Gasteiger partial charge in [0.1, 0.15) is 5.56 Å². The molecule has 3 rings (SSSR count). The number of aromatic hydroxyl groups is 1. The number of hydrogen-bond acceptors (Lipinski definition) is 5. The molecule has 26 heavy (non-hydrogen) atoms. The van der Waals surface area contributed by atoms with Crippen molar-refractivity contribution in [2.75, 3.05) is 19.7 Å². The summed E-state index contributed by atoms with van der Waals surface area (Å²) in [5, 5.41) is 9.80. The third-order valence-corrected chi connectivity index (χ3v) is 4.68. The molecular formula is C19H25N3O4. The van der Waals surface area contributed by atoms with Crippen molar-refractivity contribution in [3.05, 3.63) is 40.4 Å². The Hall–Kier alpha value is -2.41. The van der Waals surface area contributed by atoms with Crippen molar-refractivity contribution in [1.82, 2.24) is 14.3 Å². The molecule has 2 aromatic heterocycles. The highest BCUT2D eigenvalue weighted by molar-refractivity contribution is 5.94. The van der Waals surface area contributed by atoms with Crippen LogP contribution in [0.2, 0.25) is 0 Å². The van der Waals surface area contributed by atoms with E-state index in [1.165, 1.54) is 22.9 Å². The molecule has 1 aliphatic rings. The van der Waals surface area contributed by atoms with E-state index < -0.39 is 5.56 Å². The predicted molar refractivity (Wildman–Crippen MR) is 97.5 cm³/mol. The first kappa shape index (κ1) is 18.4. The first-order chi connectivity index (χ1) is 12.5. The number of aromatic nitrogens is 2. The maximum absolute atomic E-state index is 12.8. The first-order valence-electron chi connectivity index (χ1n) is 9.07. The average molecular weight is 359 g/mol. The summed E-state index contributed by atoms with van der Waals surface area (Å²) in [6, 6.07) is 2.99. The fourth-order valence-corrected chi connectivity index (χ4v) is 3.24. The summed E-state index contributed by atoms with van der Waals surface area (Å²) < 4.78 is 6.96. The molecule has 7 heteroatoms. The Morgan fingerprint density at radius 1 is 1.46 bits per heavy atom. The lowest BCUT2D eigenvalue weighted by Gasteiger charge is -2.33. The van der Waals surface area contributed by atoms with E-state index in [4.69, 9.17) is 4.74 Å². The molecule has 1 atom stereocenters. The predicted octanol–water partition coefficient (Wildman–Crippen LogP) is 2.07. The Morgan fingerprint density at radius 3 is 3.04 bits per heavy atom. The number of pyridine rings is 1. The molecule has 1 N–H and O–H groups in total. The molecule has 3 heterocycles. The van der Waals surface area contributed by atoms with Gasteiger partial charge in [-0.15, -0.1) is 0 Å². The van der Waals surface area contributed by atoms with Crippen LogP contribution in [-0.2, 0) is 4.74 Å². The van der Waals surface area contributed by atoms with Crippen molar-refractivity contribution < 1.29 is 14.6 Å². The molecule has 0 spiro atoms. The highest BCUT2D eigenvalue weighted by Gasteiger charge is 2.27. The SMILES string of the molecule is CC(C)CCCC1CN(C(=O)c2cnc3c(O)cccn3c2=O)CCO1. The van der Waals surface area contributed by atoms with E-state index >= 15 is 0 Å². The van der Waals surface area contributed by atoms with Crippen LogP contribution in [-0.4, -0.2) is 51.1 Å². The molecule has 0 aliphatic carbocycles. The van der Waals surface area contributed by atoms with Gasteiger partial charge >= 0.3 is 0 Å². The number of amides is 1. The summed E-state index contributed by atoms with van der Waals surface area (Å²) in [7, 11) is 0. The van der Waals surface area contributed by atoms with E-state index in [1.807, 2.05) is 0 Å². The van der Waals surface area contributed by atoms with Gasteiger partial charge in [-0.2, -0.15) is 0 Å². The number of fused-ring (bicyclic) bond motifs is 1. The molecule has 1 saturated heterocycles. The van der Waals surface area contributed by atoms with Crippen molar-refractivity contribution >= 4 is 11.6 Å². The fourth-order valence-electron chi connectivity index (χ4n) is 3.24. The van der Waals surface area contributed by atoms with Crippen LogP contribution in [0, 0.1) is 5.92 Å². The lowest BCUT2D eigenvalue weighted by Crippen LogP contribution is -2.47. The summed E-state index contributed by atoms with van der Waals surface area (Å²) in [6.45, 7) is 5.80. The third-order valence-electron chi connectivity index (χ3n) is 4.68. The summed E-state index contributed by atoms with van der Waals surface area (Å²) >= 11 is 0. The average Bonchev–Trinajstić information content (AvgIpc) is 2.62. The largest absolute Gasteiger partial charge is 0.504 e. The lowest BCUT2D eigenvalue weighted by molar-refractivity contribution is -0.0260. The second-order valence-electron chi connectivity index (χ2n) is 7.13. The van der Waals surface area contributed by atoms with Gasteiger partial charge < -0.3 is 14.7 Å². The number of morpholine rings is 1. The number of carbonyl (C=O) groups excluding carboxylic acids is 1. The molecule has 1 aliphatic heterocycles. The highest BCUT2D eigenvalue weighted by Crippen LogP contribution is 2.17. The van der Waals surface area contributed by atoms with Crippen LogP contribution in [0.4, 0.5) is 0 Å². The van der Waals surface area contributed by atoms with E-state index in [0.29, 0.717) is 25.6 Å². The van der Waals surface area contributed by atoms with Crippen LogP contribution in [0.3, 0.4) is 0 Å². The van der Waals surface area contributed by atoms with Gasteiger partial charge in [-0.05, 0) is 24.5 Å². The third kappa shape index (κ3) is 3.88. The minimum Gasteiger partial charge on any atom is -0.504 e. The van der Waals surface area contributed by atoms with Crippen LogP contribution in [0.15, 0.2) is 29.3 Å². The molecule has 1 amide bonds. The van der Waals surface area contributed by atoms with Crippen LogP contribution in [0.1, 0.15) is 43.5 Å². The van der Waals surface area contributed by atoms with E-state index in [1.54, 1.807) is 11.0 Å². The van der Waals surface area contributed by atoms with Gasteiger partial charge in [-0.25, -0.2) is 4.98 Å². The molecule has 1 fully saturated rings. The molecule has 0 radical (unpaired) electrons. The van der Waals surface area contributed by atoms with E-state index in [9.17, 15) is 14.7 Å². The molecule has 7 nitrogen and oxygen atoms in total. The van der Waals surface area contributed by atoms with Gasteiger partial charge in [0.15, 0.2) is 11.4 Å². The molecule has 2 aromatic rings. The van der Waals surface area contributed by atoms with Crippen molar-refractivity contribution in [3.63, 3.8) is 0 Å². The number of carbonyl (C=O) groups is 1. The Bertz CT molecular complexity index is 846. The second kappa shape index (κ2) is 7.86. The van der Waals surface area contributed by atoms with Gasteiger partial charge in [0.2, 0.25) is 0 Å². The highest BCUT2D eigenvalue weighted by atomic mass is 16.5. The van der Waals surface area contributed by atoms with Crippen molar-refractivity contribution in [2.45, 2.75) is 39.2 Å². The smallest absolute Gasteiger partial charge is 0.270 e. The normalized spacial score (nSPS) is 17.8. The zero-order valence-corrected chi connectivity index (χ0v) is 15.2. The van der Waals surface area contributed by atoms with Gasteiger partial charge in [0.05, 0.1) is 12.7 Å². The summed E-state index contributed by atoms with van der Waals surface area (Å²) in [6.07, 6.45) is 5.85. The molecule has 0 aromatic carbocycles. The molecule has 0 bridgehead atoms. The Labute approximate surface area is 152 Å². The Balaban J connectivity index is 1.75. The molecular weight excluding hydrogens is 334 g/mol. The second-order valence-corrected chi connectivity index (χ2v) is 7.13. The quantitative estimate of drug-likeness (QED) is 0.883. The van der Waals surface area contributed by atoms with Crippen LogP contribution in [0.5, 0.6) is 5.75 Å². The number of ether oxygens (including phenoxy) is 1. The van der Waals surface area contributed by atoms with Gasteiger partial charge in [0.25, 0.3) is 11.5 Å². The van der Waals surface area contributed by atoms with E-state index in [0.717, 1.165) is 19.3 Å². The summed E-state index contributed by atoms with van der Waals surface area (Å²) in [4.78, 5) is 31.2. The standard InChI is InChI=1S/C19H25N3O4/c1-13(2)5-3-6-14-12-21(9-10-26-14)18(24)15-11-20-17-16(23)7-4-8-22(17)19(15)25/h4,7-8,11,13-14,23H,3,5-6,9-10,12H2,1-2H3.